The number of nitrogens with one attached hydrogen (secondary N) is 2. The van der Waals surface area contributed by atoms with E-state index in [2.05, 4.69) is 17.6 Å². The third-order valence-electron chi connectivity index (χ3n) is 4.14. The van der Waals surface area contributed by atoms with Crippen molar-refractivity contribution in [3.05, 3.63) is 29.3 Å². The van der Waals surface area contributed by atoms with Crippen molar-refractivity contribution in [3.8, 4) is 0 Å². The quantitative estimate of drug-likeness (QED) is 0.865. The van der Waals surface area contributed by atoms with Gasteiger partial charge in [-0.05, 0) is 36.5 Å². The summed E-state index contributed by atoms with van der Waals surface area (Å²) in [6.07, 6.45) is 5.07. The molecule has 4 heteroatoms. The van der Waals surface area contributed by atoms with Gasteiger partial charge in [-0.25, -0.2) is 0 Å². The Kier molecular flexibility index (Phi) is 3.47. The third kappa shape index (κ3) is 2.84. The zero-order chi connectivity index (χ0) is 14.1. The van der Waals surface area contributed by atoms with Crippen LogP contribution in [0.5, 0.6) is 0 Å². The molecule has 0 spiro atoms. The average Bonchev–Trinajstić information content (AvgIpc) is 3.16. The molecule has 0 bridgehead atoms. The Balaban J connectivity index is 1.67. The Morgan fingerprint density at radius 3 is 2.95 bits per heavy atom. The van der Waals surface area contributed by atoms with E-state index >= 15 is 0 Å². The normalized spacial score (nSPS) is 18.4. The first-order valence-corrected chi connectivity index (χ1v) is 7.39. The van der Waals surface area contributed by atoms with Gasteiger partial charge in [0.2, 0.25) is 5.91 Å². The van der Waals surface area contributed by atoms with Crippen molar-refractivity contribution >= 4 is 17.5 Å². The summed E-state index contributed by atoms with van der Waals surface area (Å²) in [5.74, 6) is 0.763. The summed E-state index contributed by atoms with van der Waals surface area (Å²) >= 11 is 0. The highest BCUT2D eigenvalue weighted by atomic mass is 16.2. The van der Waals surface area contributed by atoms with Crippen LogP contribution in [0, 0.1) is 5.92 Å². The second-order valence-corrected chi connectivity index (χ2v) is 5.85. The van der Waals surface area contributed by atoms with E-state index in [1.165, 1.54) is 12.8 Å². The molecule has 1 fully saturated rings. The van der Waals surface area contributed by atoms with Crippen LogP contribution < -0.4 is 10.6 Å². The molecule has 1 aliphatic carbocycles. The van der Waals surface area contributed by atoms with Crippen LogP contribution >= 0.6 is 0 Å². The molecule has 0 saturated heterocycles. The molecule has 2 N–H and O–H groups in total. The highest BCUT2D eigenvalue weighted by Gasteiger charge is 2.26. The molecule has 1 saturated carbocycles. The van der Waals surface area contributed by atoms with Crippen LogP contribution in [-0.4, -0.2) is 17.9 Å². The van der Waals surface area contributed by atoms with E-state index in [0.717, 1.165) is 30.0 Å². The van der Waals surface area contributed by atoms with Gasteiger partial charge < -0.3 is 10.6 Å². The van der Waals surface area contributed by atoms with Crippen LogP contribution in [0.1, 0.15) is 48.5 Å². The van der Waals surface area contributed by atoms with Crippen molar-refractivity contribution in [1.29, 1.82) is 0 Å². The van der Waals surface area contributed by atoms with E-state index in [1.807, 2.05) is 6.07 Å². The summed E-state index contributed by atoms with van der Waals surface area (Å²) in [5, 5.41) is 5.89. The van der Waals surface area contributed by atoms with Crippen LogP contribution in [0.25, 0.3) is 0 Å². The van der Waals surface area contributed by atoms with Gasteiger partial charge in [0.15, 0.2) is 0 Å². The molecule has 3 rings (SSSR count). The minimum Gasteiger partial charge on any atom is -0.349 e. The van der Waals surface area contributed by atoms with Crippen LogP contribution in [0.2, 0.25) is 0 Å². The van der Waals surface area contributed by atoms with E-state index in [0.29, 0.717) is 12.0 Å². The largest absolute Gasteiger partial charge is 0.349 e. The minimum atomic E-state index is -0.0403. The van der Waals surface area contributed by atoms with Gasteiger partial charge >= 0.3 is 0 Å². The molecule has 1 aromatic rings. The van der Waals surface area contributed by atoms with Crippen molar-refractivity contribution in [3.63, 3.8) is 0 Å². The summed E-state index contributed by atoms with van der Waals surface area (Å²) in [6.45, 7) is 2.11. The third-order valence-corrected chi connectivity index (χ3v) is 4.14. The monoisotopic (exact) mass is 272 g/mol. The fourth-order valence-electron chi connectivity index (χ4n) is 2.71. The molecule has 2 amide bonds. The predicted molar refractivity (Wildman–Crippen MR) is 77.7 cm³/mol. The number of rotatable bonds is 5. The number of amides is 2. The molecule has 1 aromatic carbocycles. The first kappa shape index (κ1) is 13.2. The number of benzene rings is 1. The predicted octanol–water partition coefficient (Wildman–Crippen LogP) is 2.49. The maximum absolute atomic E-state index is 12.3. The lowest BCUT2D eigenvalue weighted by Gasteiger charge is -2.17. The molecule has 1 aliphatic heterocycles. The Morgan fingerprint density at radius 1 is 1.45 bits per heavy atom. The highest BCUT2D eigenvalue weighted by Crippen LogP contribution is 2.34. The second kappa shape index (κ2) is 5.27. The van der Waals surface area contributed by atoms with Gasteiger partial charge in [0.25, 0.3) is 5.91 Å². The lowest BCUT2D eigenvalue weighted by Crippen LogP contribution is -2.34. The number of fused-ring (bicyclic) bond motifs is 1. The number of carbonyl (C=O) groups is 2. The summed E-state index contributed by atoms with van der Waals surface area (Å²) in [7, 11) is 0. The highest BCUT2D eigenvalue weighted by molar-refractivity contribution is 6.02. The summed E-state index contributed by atoms with van der Waals surface area (Å²) < 4.78 is 0. The molecule has 106 valence electrons. The summed E-state index contributed by atoms with van der Waals surface area (Å²) in [6, 6.07) is 5.71. The molecule has 20 heavy (non-hydrogen) atoms. The molecule has 4 nitrogen and oxygen atoms in total. The molecule has 1 atom stereocenters. The maximum atomic E-state index is 12.3. The first-order chi connectivity index (χ1) is 9.65. The maximum Gasteiger partial charge on any atom is 0.251 e. The molecule has 0 radical (unpaired) electrons. The van der Waals surface area contributed by atoms with Crippen molar-refractivity contribution in [2.24, 2.45) is 5.92 Å². The van der Waals surface area contributed by atoms with Crippen molar-refractivity contribution < 1.29 is 9.59 Å². The van der Waals surface area contributed by atoms with E-state index < -0.39 is 0 Å². The van der Waals surface area contributed by atoms with Gasteiger partial charge in [-0.3, -0.25) is 9.59 Å². The van der Waals surface area contributed by atoms with Crippen molar-refractivity contribution in [1.82, 2.24) is 5.32 Å². The molecule has 1 heterocycles. The van der Waals surface area contributed by atoms with Crippen LogP contribution in [-0.2, 0) is 11.2 Å². The van der Waals surface area contributed by atoms with E-state index in [4.69, 9.17) is 0 Å². The van der Waals surface area contributed by atoms with Gasteiger partial charge in [-0.2, -0.15) is 0 Å². The Bertz CT molecular complexity index is 549. The van der Waals surface area contributed by atoms with Crippen molar-refractivity contribution in [2.75, 3.05) is 5.32 Å². The van der Waals surface area contributed by atoms with E-state index in [9.17, 15) is 9.59 Å². The van der Waals surface area contributed by atoms with Gasteiger partial charge in [-0.1, -0.05) is 25.8 Å². The van der Waals surface area contributed by atoms with Gasteiger partial charge in [0, 0.05) is 17.3 Å². The minimum absolute atomic E-state index is 0.00211. The molecular formula is C16H20N2O2. The molecule has 0 aromatic heterocycles. The molecule has 1 unspecified atom stereocenters. The van der Waals surface area contributed by atoms with E-state index in [-0.39, 0.29) is 17.9 Å². The van der Waals surface area contributed by atoms with Gasteiger partial charge in [-0.15, -0.1) is 0 Å². The number of hydrogen-bond donors (Lipinski definition) is 2. The number of anilines is 1. The standard InChI is InChI=1S/C16H20N2O2/c1-2-13(7-10-3-4-10)17-16(20)12-6-5-11-9-15(19)18-14(11)8-12/h5-6,8,10,13H,2-4,7,9H2,1H3,(H,17,20)(H,18,19). The second-order valence-electron chi connectivity index (χ2n) is 5.85. The fourth-order valence-corrected chi connectivity index (χ4v) is 2.71. The van der Waals surface area contributed by atoms with Crippen LogP contribution in [0.3, 0.4) is 0 Å². The Hall–Kier alpha value is -1.84. The lowest BCUT2D eigenvalue weighted by atomic mass is 10.1. The Labute approximate surface area is 118 Å². The van der Waals surface area contributed by atoms with E-state index in [1.54, 1.807) is 12.1 Å². The number of hydrogen-bond acceptors (Lipinski definition) is 2. The Morgan fingerprint density at radius 2 is 2.25 bits per heavy atom. The van der Waals surface area contributed by atoms with Crippen LogP contribution in [0.15, 0.2) is 18.2 Å². The summed E-state index contributed by atoms with van der Waals surface area (Å²) in [5.41, 5.74) is 2.37. The lowest BCUT2D eigenvalue weighted by molar-refractivity contribution is -0.115. The number of carbonyl (C=O) groups excluding carboxylic acids is 2. The van der Waals surface area contributed by atoms with Crippen molar-refractivity contribution in [2.45, 2.75) is 45.1 Å². The van der Waals surface area contributed by atoms with Gasteiger partial charge in [0.1, 0.15) is 0 Å². The zero-order valence-electron chi connectivity index (χ0n) is 11.7. The SMILES string of the molecule is CCC(CC1CC1)NC(=O)c1ccc2c(c1)NC(=O)C2. The molecular weight excluding hydrogens is 252 g/mol. The van der Waals surface area contributed by atoms with Gasteiger partial charge in [0.05, 0.1) is 6.42 Å². The first-order valence-electron chi connectivity index (χ1n) is 7.39. The smallest absolute Gasteiger partial charge is 0.251 e. The fraction of sp³-hybridized carbons (Fsp3) is 0.500. The van der Waals surface area contributed by atoms with Crippen LogP contribution in [0.4, 0.5) is 5.69 Å². The zero-order valence-corrected chi connectivity index (χ0v) is 11.7. The molecule has 2 aliphatic rings. The average molecular weight is 272 g/mol. The summed E-state index contributed by atoms with van der Waals surface area (Å²) in [4.78, 5) is 23.6. The topological polar surface area (TPSA) is 58.2 Å².